The second-order valence-corrected chi connectivity index (χ2v) is 3.69. The highest BCUT2D eigenvalue weighted by Gasteiger charge is 2.33. The zero-order valence-corrected chi connectivity index (χ0v) is 7.99. The lowest BCUT2D eigenvalue weighted by atomic mass is 10.0. The van der Waals surface area contributed by atoms with Crippen LogP contribution < -0.4 is 0 Å². The molecule has 4 heteroatoms. The summed E-state index contributed by atoms with van der Waals surface area (Å²) in [4.78, 5) is 23.4. The van der Waals surface area contributed by atoms with Crippen molar-refractivity contribution in [3.8, 4) is 0 Å². The van der Waals surface area contributed by atoms with Crippen LogP contribution in [0, 0.1) is 11.8 Å². The van der Waals surface area contributed by atoms with E-state index < -0.39 is 5.97 Å². The normalized spacial score (nSPS) is 28.2. The molecule has 1 N–H and O–H groups in total. The molecule has 1 aliphatic heterocycles. The number of nitrogens with zero attached hydrogens (tertiary/aromatic N) is 1. The van der Waals surface area contributed by atoms with Crippen molar-refractivity contribution in [2.24, 2.45) is 11.8 Å². The summed E-state index contributed by atoms with van der Waals surface area (Å²) >= 11 is 0. The Morgan fingerprint density at radius 3 is 2.62 bits per heavy atom. The van der Waals surface area contributed by atoms with Gasteiger partial charge in [0.2, 0.25) is 5.91 Å². The standard InChI is InChI=1S/C9H15NO3/c1-6-5-10(4-3-8(11)12)9(13)7(6)2/h6-7H,3-5H2,1-2H3,(H,11,12). The number of rotatable bonds is 3. The molecule has 1 aliphatic rings. The van der Waals surface area contributed by atoms with E-state index in [4.69, 9.17) is 5.11 Å². The fourth-order valence-electron chi connectivity index (χ4n) is 1.56. The number of hydrogen-bond donors (Lipinski definition) is 1. The molecule has 1 fully saturated rings. The van der Waals surface area contributed by atoms with Gasteiger partial charge in [-0.05, 0) is 5.92 Å². The van der Waals surface area contributed by atoms with Gasteiger partial charge in [0.05, 0.1) is 6.42 Å². The number of carboxylic acid groups (broad SMARTS) is 1. The first kappa shape index (κ1) is 10.0. The first-order chi connectivity index (χ1) is 6.02. The van der Waals surface area contributed by atoms with Crippen molar-refractivity contribution in [2.45, 2.75) is 20.3 Å². The number of carbonyl (C=O) groups is 2. The summed E-state index contributed by atoms with van der Waals surface area (Å²) in [6.45, 7) is 4.97. The summed E-state index contributed by atoms with van der Waals surface area (Å²) in [5.41, 5.74) is 0. The largest absolute Gasteiger partial charge is 0.481 e. The minimum atomic E-state index is -0.847. The van der Waals surface area contributed by atoms with E-state index in [2.05, 4.69) is 0 Å². The van der Waals surface area contributed by atoms with E-state index in [0.717, 1.165) is 0 Å². The molecule has 13 heavy (non-hydrogen) atoms. The molecular weight excluding hydrogens is 170 g/mol. The van der Waals surface area contributed by atoms with Crippen molar-refractivity contribution < 1.29 is 14.7 Å². The molecule has 74 valence electrons. The van der Waals surface area contributed by atoms with Gasteiger partial charge in [-0.1, -0.05) is 13.8 Å². The third-order valence-corrected chi connectivity index (χ3v) is 2.66. The fraction of sp³-hybridized carbons (Fsp3) is 0.778. The zero-order chi connectivity index (χ0) is 10.0. The van der Waals surface area contributed by atoms with Crippen molar-refractivity contribution in [1.82, 2.24) is 4.90 Å². The number of likely N-dealkylation sites (tertiary alicyclic amines) is 1. The van der Waals surface area contributed by atoms with Crippen LogP contribution in [0.15, 0.2) is 0 Å². The van der Waals surface area contributed by atoms with Gasteiger partial charge >= 0.3 is 5.97 Å². The van der Waals surface area contributed by atoms with Crippen LogP contribution >= 0.6 is 0 Å². The molecule has 1 saturated heterocycles. The van der Waals surface area contributed by atoms with Crippen LogP contribution in [0.4, 0.5) is 0 Å². The van der Waals surface area contributed by atoms with Gasteiger partial charge in [0.1, 0.15) is 0 Å². The van der Waals surface area contributed by atoms with Gasteiger partial charge in [-0.2, -0.15) is 0 Å². The van der Waals surface area contributed by atoms with Gasteiger partial charge < -0.3 is 10.0 Å². The minimum Gasteiger partial charge on any atom is -0.481 e. The Morgan fingerprint density at radius 2 is 2.23 bits per heavy atom. The Bertz CT molecular complexity index is 227. The van der Waals surface area contributed by atoms with Gasteiger partial charge in [0.25, 0.3) is 0 Å². The fourth-order valence-corrected chi connectivity index (χ4v) is 1.56. The molecule has 0 aromatic heterocycles. The van der Waals surface area contributed by atoms with Crippen LogP contribution in [0.25, 0.3) is 0 Å². The van der Waals surface area contributed by atoms with E-state index >= 15 is 0 Å². The lowest BCUT2D eigenvalue weighted by Crippen LogP contribution is -2.29. The molecule has 1 rings (SSSR count). The highest BCUT2D eigenvalue weighted by molar-refractivity contribution is 5.81. The molecule has 0 aliphatic carbocycles. The monoisotopic (exact) mass is 185 g/mol. The van der Waals surface area contributed by atoms with Crippen molar-refractivity contribution >= 4 is 11.9 Å². The van der Waals surface area contributed by atoms with Gasteiger partial charge in [-0.15, -0.1) is 0 Å². The van der Waals surface area contributed by atoms with Gasteiger partial charge in [-0.3, -0.25) is 9.59 Å². The zero-order valence-electron chi connectivity index (χ0n) is 7.99. The Labute approximate surface area is 77.5 Å². The van der Waals surface area contributed by atoms with Gasteiger partial charge in [0.15, 0.2) is 0 Å². The van der Waals surface area contributed by atoms with E-state index in [9.17, 15) is 9.59 Å². The number of hydrogen-bond acceptors (Lipinski definition) is 2. The predicted octanol–water partition coefficient (Wildman–Crippen LogP) is 0.575. The van der Waals surface area contributed by atoms with Crippen LogP contribution in [0.2, 0.25) is 0 Å². The molecule has 0 bridgehead atoms. The molecule has 0 radical (unpaired) electrons. The molecule has 4 nitrogen and oxygen atoms in total. The number of carboxylic acids is 1. The molecule has 1 amide bonds. The second-order valence-electron chi connectivity index (χ2n) is 3.69. The van der Waals surface area contributed by atoms with Crippen LogP contribution in [0.1, 0.15) is 20.3 Å². The average Bonchev–Trinajstić information content (AvgIpc) is 2.29. The minimum absolute atomic E-state index is 0.0468. The predicted molar refractivity (Wildman–Crippen MR) is 47.2 cm³/mol. The Hall–Kier alpha value is -1.06. The Morgan fingerprint density at radius 1 is 1.62 bits per heavy atom. The average molecular weight is 185 g/mol. The van der Waals surface area contributed by atoms with Gasteiger partial charge in [-0.25, -0.2) is 0 Å². The smallest absolute Gasteiger partial charge is 0.305 e. The highest BCUT2D eigenvalue weighted by Crippen LogP contribution is 2.23. The van der Waals surface area contributed by atoms with Crippen LogP contribution in [0.5, 0.6) is 0 Å². The first-order valence-corrected chi connectivity index (χ1v) is 4.53. The molecule has 0 spiro atoms. The molecule has 0 aromatic rings. The van der Waals surface area contributed by atoms with E-state index in [1.165, 1.54) is 0 Å². The lowest BCUT2D eigenvalue weighted by Gasteiger charge is -2.14. The quantitative estimate of drug-likeness (QED) is 0.699. The number of carbonyl (C=O) groups excluding carboxylic acids is 1. The maximum atomic E-state index is 11.5. The maximum absolute atomic E-state index is 11.5. The molecule has 0 saturated carbocycles. The third-order valence-electron chi connectivity index (χ3n) is 2.66. The number of amides is 1. The second kappa shape index (κ2) is 3.77. The van der Waals surface area contributed by atoms with E-state index in [1.54, 1.807) is 4.90 Å². The lowest BCUT2D eigenvalue weighted by molar-refractivity contribution is -0.138. The molecule has 2 unspecified atom stereocenters. The van der Waals surface area contributed by atoms with Crippen molar-refractivity contribution in [3.05, 3.63) is 0 Å². The van der Waals surface area contributed by atoms with Crippen molar-refractivity contribution in [2.75, 3.05) is 13.1 Å². The summed E-state index contributed by atoms with van der Waals surface area (Å²) in [5.74, 6) is -0.358. The van der Waals surface area contributed by atoms with E-state index in [0.29, 0.717) is 19.0 Å². The number of aliphatic carboxylic acids is 1. The Balaban J connectivity index is 2.44. The van der Waals surface area contributed by atoms with Crippen LogP contribution in [-0.4, -0.2) is 35.0 Å². The maximum Gasteiger partial charge on any atom is 0.305 e. The van der Waals surface area contributed by atoms with Crippen LogP contribution in [0.3, 0.4) is 0 Å². The van der Waals surface area contributed by atoms with Crippen LogP contribution in [-0.2, 0) is 9.59 Å². The highest BCUT2D eigenvalue weighted by atomic mass is 16.4. The molecular formula is C9H15NO3. The Kier molecular flexibility index (Phi) is 2.90. The SMILES string of the molecule is CC1CN(CCC(=O)O)C(=O)C1C. The summed E-state index contributed by atoms with van der Waals surface area (Å²) < 4.78 is 0. The first-order valence-electron chi connectivity index (χ1n) is 4.53. The molecule has 0 aromatic carbocycles. The summed E-state index contributed by atoms with van der Waals surface area (Å²) in [6, 6.07) is 0. The summed E-state index contributed by atoms with van der Waals surface area (Å²) in [6.07, 6.45) is 0.0468. The molecule has 2 atom stereocenters. The van der Waals surface area contributed by atoms with Gasteiger partial charge in [0, 0.05) is 19.0 Å². The van der Waals surface area contributed by atoms with Crippen molar-refractivity contribution in [3.63, 3.8) is 0 Å². The molecule has 1 heterocycles. The van der Waals surface area contributed by atoms with Crippen molar-refractivity contribution in [1.29, 1.82) is 0 Å². The van der Waals surface area contributed by atoms with E-state index in [1.807, 2.05) is 13.8 Å². The third kappa shape index (κ3) is 2.20. The summed E-state index contributed by atoms with van der Waals surface area (Å²) in [7, 11) is 0. The summed E-state index contributed by atoms with van der Waals surface area (Å²) in [5, 5.41) is 8.45. The van der Waals surface area contributed by atoms with E-state index in [-0.39, 0.29) is 18.2 Å². The topological polar surface area (TPSA) is 57.6 Å².